The predicted octanol–water partition coefficient (Wildman–Crippen LogP) is 4.14. The molecule has 1 unspecified atom stereocenters. The summed E-state index contributed by atoms with van der Waals surface area (Å²) in [5.74, 6) is -0.0370. The minimum atomic E-state index is -0.343. The SMILES string of the molecule is O=C(Cc1cccc(F)c1)N1CCCCC1c1nc2ccc(F)cc2[nH]1. The van der Waals surface area contributed by atoms with Crippen molar-refractivity contribution in [2.24, 2.45) is 0 Å². The Morgan fingerprint density at radius 1 is 1.15 bits per heavy atom. The molecule has 0 spiro atoms. The summed E-state index contributed by atoms with van der Waals surface area (Å²) in [5.41, 5.74) is 1.97. The largest absolute Gasteiger partial charge is 0.340 e. The number of piperidine rings is 1. The van der Waals surface area contributed by atoms with Crippen LogP contribution < -0.4 is 0 Å². The first kappa shape index (κ1) is 16.7. The molecule has 134 valence electrons. The molecule has 2 heterocycles. The van der Waals surface area contributed by atoms with Gasteiger partial charge in [0.15, 0.2) is 0 Å². The van der Waals surface area contributed by atoms with Crippen LogP contribution in [-0.2, 0) is 11.2 Å². The first-order valence-corrected chi connectivity index (χ1v) is 8.79. The van der Waals surface area contributed by atoms with Crippen molar-refractivity contribution in [2.45, 2.75) is 31.7 Å². The smallest absolute Gasteiger partial charge is 0.227 e. The number of aromatic nitrogens is 2. The van der Waals surface area contributed by atoms with E-state index in [9.17, 15) is 13.6 Å². The molecule has 0 aliphatic carbocycles. The monoisotopic (exact) mass is 355 g/mol. The number of benzene rings is 2. The molecule has 6 heteroatoms. The molecule has 4 nitrogen and oxygen atoms in total. The number of carbonyl (C=O) groups is 1. The number of imidazole rings is 1. The highest BCUT2D eigenvalue weighted by Gasteiger charge is 2.30. The van der Waals surface area contributed by atoms with Crippen molar-refractivity contribution in [2.75, 3.05) is 6.54 Å². The van der Waals surface area contributed by atoms with Crippen molar-refractivity contribution in [3.05, 3.63) is 65.5 Å². The van der Waals surface area contributed by atoms with Gasteiger partial charge in [-0.25, -0.2) is 13.8 Å². The first-order valence-electron chi connectivity index (χ1n) is 8.79. The highest BCUT2D eigenvalue weighted by Crippen LogP contribution is 2.31. The van der Waals surface area contributed by atoms with Crippen LogP contribution in [-0.4, -0.2) is 27.3 Å². The van der Waals surface area contributed by atoms with Gasteiger partial charge in [0.2, 0.25) is 5.91 Å². The Balaban J connectivity index is 1.59. The van der Waals surface area contributed by atoms with Gasteiger partial charge in [0.05, 0.1) is 23.5 Å². The summed E-state index contributed by atoms with van der Waals surface area (Å²) in [4.78, 5) is 22.4. The van der Waals surface area contributed by atoms with Crippen molar-refractivity contribution in [1.82, 2.24) is 14.9 Å². The number of aromatic amines is 1. The number of hydrogen-bond acceptors (Lipinski definition) is 2. The van der Waals surface area contributed by atoms with E-state index < -0.39 is 0 Å². The molecule has 1 N–H and O–H groups in total. The summed E-state index contributed by atoms with van der Waals surface area (Å²) in [6, 6.07) is 10.4. The van der Waals surface area contributed by atoms with Crippen LogP contribution in [0.3, 0.4) is 0 Å². The van der Waals surface area contributed by atoms with Gasteiger partial charge in [0.1, 0.15) is 17.5 Å². The van der Waals surface area contributed by atoms with E-state index in [2.05, 4.69) is 9.97 Å². The van der Waals surface area contributed by atoms with Crippen molar-refractivity contribution in [3.8, 4) is 0 Å². The molecule has 2 aromatic carbocycles. The van der Waals surface area contributed by atoms with E-state index >= 15 is 0 Å². The van der Waals surface area contributed by atoms with Gasteiger partial charge >= 0.3 is 0 Å². The van der Waals surface area contributed by atoms with E-state index in [1.807, 2.05) is 4.90 Å². The van der Waals surface area contributed by atoms with Gasteiger partial charge < -0.3 is 9.88 Å². The summed E-state index contributed by atoms with van der Waals surface area (Å²) >= 11 is 0. The first-order chi connectivity index (χ1) is 12.6. The van der Waals surface area contributed by atoms with Gasteiger partial charge in [-0.1, -0.05) is 12.1 Å². The maximum absolute atomic E-state index is 13.4. The topological polar surface area (TPSA) is 49.0 Å². The van der Waals surface area contributed by atoms with Gasteiger partial charge in [0.25, 0.3) is 0 Å². The Morgan fingerprint density at radius 2 is 2.00 bits per heavy atom. The standard InChI is InChI=1S/C20H19F2N3O/c21-14-5-3-4-13(10-14)11-19(26)25-9-2-1-6-18(25)20-23-16-8-7-15(22)12-17(16)24-20/h3-5,7-8,10,12,18H,1-2,6,9,11H2,(H,23,24). The molecule has 26 heavy (non-hydrogen) atoms. The van der Waals surface area contributed by atoms with Crippen molar-refractivity contribution < 1.29 is 13.6 Å². The number of nitrogens with zero attached hydrogens (tertiary/aromatic N) is 2. The maximum Gasteiger partial charge on any atom is 0.227 e. The highest BCUT2D eigenvalue weighted by molar-refractivity contribution is 5.80. The highest BCUT2D eigenvalue weighted by atomic mass is 19.1. The number of likely N-dealkylation sites (tertiary alicyclic amines) is 1. The summed E-state index contributed by atoms with van der Waals surface area (Å²) in [7, 11) is 0. The minimum absolute atomic E-state index is 0.0491. The van der Waals surface area contributed by atoms with E-state index in [1.54, 1.807) is 18.2 Å². The number of halogens is 2. The van der Waals surface area contributed by atoms with E-state index in [0.717, 1.165) is 19.3 Å². The molecule has 1 amide bonds. The lowest BCUT2D eigenvalue weighted by molar-refractivity contribution is -0.134. The zero-order chi connectivity index (χ0) is 18.1. The number of hydrogen-bond donors (Lipinski definition) is 1. The van der Waals surface area contributed by atoms with Crippen LogP contribution in [0.15, 0.2) is 42.5 Å². The molecule has 0 radical (unpaired) electrons. The number of nitrogens with one attached hydrogen (secondary N) is 1. The molecule has 1 saturated heterocycles. The molecular weight excluding hydrogens is 336 g/mol. The predicted molar refractivity (Wildman–Crippen MR) is 94.5 cm³/mol. The second-order valence-electron chi connectivity index (χ2n) is 6.69. The number of carbonyl (C=O) groups excluding carboxylic acids is 1. The fourth-order valence-electron chi connectivity index (χ4n) is 3.60. The maximum atomic E-state index is 13.4. The van der Waals surface area contributed by atoms with Crippen LogP contribution in [0.2, 0.25) is 0 Å². The van der Waals surface area contributed by atoms with Crippen LogP contribution in [0.25, 0.3) is 11.0 Å². The van der Waals surface area contributed by atoms with E-state index in [-0.39, 0.29) is 30.0 Å². The molecule has 3 aromatic rings. The second kappa shape index (κ2) is 6.86. The third kappa shape index (κ3) is 3.31. The van der Waals surface area contributed by atoms with Gasteiger partial charge in [-0.3, -0.25) is 4.79 Å². The van der Waals surface area contributed by atoms with E-state index in [1.165, 1.54) is 24.3 Å². The Hall–Kier alpha value is -2.76. The van der Waals surface area contributed by atoms with Crippen LogP contribution in [0.5, 0.6) is 0 Å². The lowest BCUT2D eigenvalue weighted by atomic mass is 10.00. The zero-order valence-electron chi connectivity index (χ0n) is 14.2. The van der Waals surface area contributed by atoms with Crippen molar-refractivity contribution in [3.63, 3.8) is 0 Å². The normalized spacial score (nSPS) is 17.6. The average Bonchev–Trinajstić information content (AvgIpc) is 3.04. The average molecular weight is 355 g/mol. The molecule has 1 fully saturated rings. The number of amides is 1. The Bertz CT molecular complexity index is 953. The van der Waals surface area contributed by atoms with Crippen LogP contribution >= 0.6 is 0 Å². The fraction of sp³-hybridized carbons (Fsp3) is 0.300. The molecule has 1 atom stereocenters. The third-order valence-corrected chi connectivity index (χ3v) is 4.85. The summed E-state index contributed by atoms with van der Waals surface area (Å²) < 4.78 is 26.8. The zero-order valence-corrected chi connectivity index (χ0v) is 14.2. The van der Waals surface area contributed by atoms with Gasteiger partial charge in [-0.15, -0.1) is 0 Å². The molecule has 1 aromatic heterocycles. The summed E-state index contributed by atoms with van der Waals surface area (Å²) in [6.07, 6.45) is 2.89. The third-order valence-electron chi connectivity index (χ3n) is 4.85. The molecule has 1 aliphatic heterocycles. The van der Waals surface area contributed by atoms with E-state index in [0.29, 0.717) is 29.0 Å². The molecule has 1 aliphatic rings. The minimum Gasteiger partial charge on any atom is -0.340 e. The number of fused-ring (bicyclic) bond motifs is 1. The van der Waals surface area contributed by atoms with Gasteiger partial charge in [-0.2, -0.15) is 0 Å². The molecular formula is C20H19F2N3O. The number of rotatable bonds is 3. The number of H-pyrrole nitrogens is 1. The van der Waals surface area contributed by atoms with Gasteiger partial charge in [0, 0.05) is 6.54 Å². The van der Waals surface area contributed by atoms with Crippen LogP contribution in [0.4, 0.5) is 8.78 Å². The van der Waals surface area contributed by atoms with Gasteiger partial charge in [-0.05, 0) is 55.2 Å². The van der Waals surface area contributed by atoms with Crippen LogP contribution in [0.1, 0.15) is 36.7 Å². The lowest BCUT2D eigenvalue weighted by Gasteiger charge is -2.34. The fourth-order valence-corrected chi connectivity index (χ4v) is 3.60. The summed E-state index contributed by atoms with van der Waals surface area (Å²) in [5, 5.41) is 0. The molecule has 0 saturated carbocycles. The van der Waals surface area contributed by atoms with Crippen LogP contribution in [0, 0.1) is 11.6 Å². The molecule has 4 rings (SSSR count). The lowest BCUT2D eigenvalue weighted by Crippen LogP contribution is -2.39. The second-order valence-corrected chi connectivity index (χ2v) is 6.69. The van der Waals surface area contributed by atoms with E-state index in [4.69, 9.17) is 0 Å². The Morgan fingerprint density at radius 3 is 2.85 bits per heavy atom. The quantitative estimate of drug-likeness (QED) is 0.768. The molecule has 0 bridgehead atoms. The summed E-state index contributed by atoms with van der Waals surface area (Å²) in [6.45, 7) is 0.643. The Kier molecular flexibility index (Phi) is 4.41. The van der Waals surface area contributed by atoms with Crippen molar-refractivity contribution in [1.29, 1.82) is 0 Å². The Labute approximate surface area is 149 Å². The van der Waals surface area contributed by atoms with Crippen molar-refractivity contribution >= 4 is 16.9 Å².